The van der Waals surface area contributed by atoms with Crippen molar-refractivity contribution >= 4 is 32.7 Å². The van der Waals surface area contributed by atoms with Gasteiger partial charge in [-0.3, -0.25) is 4.98 Å². The van der Waals surface area contributed by atoms with Crippen LogP contribution in [0, 0.1) is 12.7 Å². The average Bonchev–Trinajstić information content (AvgIpc) is 3.17. The lowest BCUT2D eigenvalue weighted by Crippen LogP contribution is -2.07. The first-order valence-corrected chi connectivity index (χ1v) is 11.2. The zero-order valence-electron chi connectivity index (χ0n) is 17.6. The molecule has 154 valence electrons. The number of aryl methyl sites for hydroxylation is 1. The summed E-state index contributed by atoms with van der Waals surface area (Å²) < 4.78 is 21.3. The third kappa shape index (κ3) is 3.03. The van der Waals surface area contributed by atoms with Crippen LogP contribution in [0.3, 0.4) is 0 Å². The molecular weight excluding hydrogens is 385 g/mol. The minimum absolute atomic E-state index is 0.188. The Hall–Kier alpha value is -3.20. The van der Waals surface area contributed by atoms with Gasteiger partial charge in [0, 0.05) is 38.7 Å². The molecule has 5 aromatic rings. The molecule has 2 nitrogen and oxygen atoms in total. The molecular formula is C28H24FNO. The van der Waals surface area contributed by atoms with Gasteiger partial charge >= 0.3 is 0 Å². The van der Waals surface area contributed by atoms with Crippen LogP contribution in [0.15, 0.2) is 65.1 Å². The first-order valence-electron chi connectivity index (χ1n) is 11.2. The molecule has 0 atom stereocenters. The quantitative estimate of drug-likeness (QED) is 0.293. The highest BCUT2D eigenvalue weighted by atomic mass is 19.1. The summed E-state index contributed by atoms with van der Waals surface area (Å²) in [7, 11) is 0. The number of aromatic nitrogens is 1. The zero-order chi connectivity index (χ0) is 20.9. The Labute approximate surface area is 180 Å². The molecule has 2 aromatic heterocycles. The van der Waals surface area contributed by atoms with E-state index < -0.39 is 0 Å². The number of furan rings is 1. The van der Waals surface area contributed by atoms with Crippen molar-refractivity contribution in [3.05, 3.63) is 77.7 Å². The number of hydrogen-bond acceptors (Lipinski definition) is 2. The van der Waals surface area contributed by atoms with Crippen molar-refractivity contribution in [2.24, 2.45) is 0 Å². The summed E-state index contributed by atoms with van der Waals surface area (Å²) >= 11 is 0. The van der Waals surface area contributed by atoms with Crippen LogP contribution < -0.4 is 0 Å². The molecule has 0 unspecified atom stereocenters. The molecule has 1 aliphatic carbocycles. The molecule has 0 spiro atoms. The van der Waals surface area contributed by atoms with Crippen molar-refractivity contribution in [3.63, 3.8) is 0 Å². The predicted molar refractivity (Wildman–Crippen MR) is 125 cm³/mol. The summed E-state index contributed by atoms with van der Waals surface area (Å²) in [5, 5.41) is 3.67. The number of para-hydroxylation sites is 1. The van der Waals surface area contributed by atoms with Gasteiger partial charge in [0.05, 0.1) is 5.69 Å². The molecule has 6 rings (SSSR count). The summed E-state index contributed by atoms with van der Waals surface area (Å²) in [5.74, 6) is 0.208. The van der Waals surface area contributed by atoms with Crippen LogP contribution in [0.1, 0.15) is 49.3 Å². The van der Waals surface area contributed by atoms with E-state index in [1.807, 2.05) is 30.3 Å². The summed E-state index contributed by atoms with van der Waals surface area (Å²) in [6.45, 7) is 2.10. The third-order valence-corrected chi connectivity index (χ3v) is 6.74. The number of rotatable bonds is 2. The Bertz CT molecular complexity index is 1440. The van der Waals surface area contributed by atoms with Gasteiger partial charge in [-0.15, -0.1) is 0 Å². The highest BCUT2D eigenvalue weighted by Crippen LogP contribution is 2.41. The Morgan fingerprint density at radius 3 is 2.52 bits per heavy atom. The van der Waals surface area contributed by atoms with Crippen LogP contribution in [0.5, 0.6) is 0 Å². The lowest BCUT2D eigenvalue weighted by Gasteiger charge is -2.22. The number of benzene rings is 3. The first kappa shape index (κ1) is 18.6. The molecule has 0 N–H and O–H groups in total. The Kier molecular flexibility index (Phi) is 4.31. The highest BCUT2D eigenvalue weighted by molar-refractivity contribution is 6.11. The molecule has 1 saturated carbocycles. The molecule has 0 bridgehead atoms. The zero-order valence-corrected chi connectivity index (χ0v) is 17.6. The van der Waals surface area contributed by atoms with Gasteiger partial charge in [0.15, 0.2) is 0 Å². The van der Waals surface area contributed by atoms with Crippen molar-refractivity contribution in [2.45, 2.75) is 44.9 Å². The van der Waals surface area contributed by atoms with Crippen LogP contribution >= 0.6 is 0 Å². The van der Waals surface area contributed by atoms with Crippen LogP contribution in [0.25, 0.3) is 44.0 Å². The van der Waals surface area contributed by atoms with E-state index in [0.717, 1.165) is 62.7 Å². The number of fused-ring (bicyclic) bond motifs is 4. The molecule has 1 fully saturated rings. The normalized spacial score (nSPS) is 15.3. The monoisotopic (exact) mass is 409 g/mol. The molecule has 0 radical (unpaired) electrons. The smallest absolute Gasteiger partial charge is 0.144 e. The van der Waals surface area contributed by atoms with Gasteiger partial charge in [0.2, 0.25) is 0 Å². The SMILES string of the molecule is Cc1cc(-c2nc(C3CCCCC3)cc3c(F)cccc23)c2oc3ccccc3c2c1. The first-order chi connectivity index (χ1) is 15.2. The molecule has 3 aromatic carbocycles. The Morgan fingerprint density at radius 1 is 0.839 bits per heavy atom. The fourth-order valence-corrected chi connectivity index (χ4v) is 5.22. The predicted octanol–water partition coefficient (Wildman–Crippen LogP) is 8.30. The second kappa shape index (κ2) is 7.19. The fourth-order valence-electron chi connectivity index (χ4n) is 5.22. The second-order valence-corrected chi connectivity index (χ2v) is 8.85. The van der Waals surface area contributed by atoms with E-state index in [-0.39, 0.29) is 5.82 Å². The molecule has 0 amide bonds. The van der Waals surface area contributed by atoms with Gasteiger partial charge in [-0.05, 0) is 55.7 Å². The number of nitrogens with zero attached hydrogens (tertiary/aromatic N) is 1. The number of pyridine rings is 1. The minimum atomic E-state index is -0.188. The topological polar surface area (TPSA) is 26.0 Å². The van der Waals surface area contributed by atoms with E-state index in [4.69, 9.17) is 9.40 Å². The maximum atomic E-state index is 14.9. The van der Waals surface area contributed by atoms with Crippen molar-refractivity contribution in [2.75, 3.05) is 0 Å². The molecule has 1 aliphatic rings. The van der Waals surface area contributed by atoms with Crippen molar-refractivity contribution in [3.8, 4) is 11.3 Å². The van der Waals surface area contributed by atoms with E-state index in [9.17, 15) is 4.39 Å². The Balaban J connectivity index is 1.69. The highest BCUT2D eigenvalue weighted by Gasteiger charge is 2.22. The molecule has 0 aliphatic heterocycles. The van der Waals surface area contributed by atoms with E-state index in [1.54, 1.807) is 12.1 Å². The average molecular weight is 410 g/mol. The third-order valence-electron chi connectivity index (χ3n) is 6.74. The fraction of sp³-hybridized carbons (Fsp3) is 0.250. The van der Waals surface area contributed by atoms with Gasteiger partial charge in [0.1, 0.15) is 17.0 Å². The van der Waals surface area contributed by atoms with E-state index in [1.165, 1.54) is 19.3 Å². The summed E-state index contributed by atoms with van der Waals surface area (Å²) in [6.07, 6.45) is 5.97. The molecule has 3 heteroatoms. The van der Waals surface area contributed by atoms with Crippen molar-refractivity contribution in [1.82, 2.24) is 4.98 Å². The van der Waals surface area contributed by atoms with Gasteiger partial charge < -0.3 is 4.42 Å². The van der Waals surface area contributed by atoms with Gasteiger partial charge in [-0.1, -0.05) is 49.6 Å². The van der Waals surface area contributed by atoms with Crippen LogP contribution in [0.2, 0.25) is 0 Å². The number of hydrogen-bond donors (Lipinski definition) is 0. The summed E-state index contributed by atoms with van der Waals surface area (Å²) in [6, 6.07) is 19.7. The van der Waals surface area contributed by atoms with Gasteiger partial charge in [-0.2, -0.15) is 0 Å². The van der Waals surface area contributed by atoms with E-state index in [0.29, 0.717) is 11.3 Å². The van der Waals surface area contributed by atoms with Crippen molar-refractivity contribution in [1.29, 1.82) is 0 Å². The summed E-state index contributed by atoms with van der Waals surface area (Å²) in [5.41, 5.74) is 5.61. The lowest BCUT2D eigenvalue weighted by molar-refractivity contribution is 0.437. The van der Waals surface area contributed by atoms with Crippen LogP contribution in [-0.2, 0) is 0 Å². The standard InChI is InChI=1S/C28H24FNO/c1-17-14-22-19-10-5-6-13-26(19)31-28(22)23(15-17)27-20-11-7-12-24(29)21(20)16-25(30-27)18-8-3-2-4-9-18/h5-7,10-16,18H,2-4,8-9H2,1H3. The van der Waals surface area contributed by atoms with Gasteiger partial charge in [-0.25, -0.2) is 4.39 Å². The molecule has 2 heterocycles. The molecule has 31 heavy (non-hydrogen) atoms. The number of halogens is 1. The van der Waals surface area contributed by atoms with Crippen LogP contribution in [-0.4, -0.2) is 4.98 Å². The van der Waals surface area contributed by atoms with E-state index >= 15 is 0 Å². The van der Waals surface area contributed by atoms with Crippen LogP contribution in [0.4, 0.5) is 4.39 Å². The second-order valence-electron chi connectivity index (χ2n) is 8.85. The maximum absolute atomic E-state index is 14.9. The maximum Gasteiger partial charge on any atom is 0.144 e. The minimum Gasteiger partial charge on any atom is -0.455 e. The lowest BCUT2D eigenvalue weighted by atomic mass is 9.85. The van der Waals surface area contributed by atoms with Crippen molar-refractivity contribution < 1.29 is 8.81 Å². The van der Waals surface area contributed by atoms with E-state index in [2.05, 4.69) is 25.1 Å². The van der Waals surface area contributed by atoms with Gasteiger partial charge in [0.25, 0.3) is 0 Å². The summed E-state index contributed by atoms with van der Waals surface area (Å²) in [4.78, 5) is 5.17. The molecule has 0 saturated heterocycles. The largest absolute Gasteiger partial charge is 0.455 e. The Morgan fingerprint density at radius 2 is 1.65 bits per heavy atom.